The van der Waals surface area contributed by atoms with Crippen molar-refractivity contribution in [3.63, 3.8) is 0 Å². The number of hydrogen-bond acceptors (Lipinski definition) is 4. The van der Waals surface area contributed by atoms with Crippen molar-refractivity contribution in [3.8, 4) is 0 Å². The van der Waals surface area contributed by atoms with Crippen molar-refractivity contribution in [1.82, 2.24) is 0 Å². The summed E-state index contributed by atoms with van der Waals surface area (Å²) in [6.07, 6.45) is 0.624. The second-order valence-corrected chi connectivity index (χ2v) is 3.75. The van der Waals surface area contributed by atoms with Crippen LogP contribution in [0.1, 0.15) is 29.4 Å². The summed E-state index contributed by atoms with van der Waals surface area (Å²) in [7, 11) is 0. The normalized spacial score (nSPS) is 9.79. The first-order chi connectivity index (χ1) is 6.74. The van der Waals surface area contributed by atoms with Gasteiger partial charge in [-0.3, -0.25) is 9.59 Å². The van der Waals surface area contributed by atoms with Crippen LogP contribution in [0.15, 0.2) is 17.5 Å². The van der Waals surface area contributed by atoms with E-state index in [0.717, 1.165) is 6.42 Å². The van der Waals surface area contributed by atoms with Gasteiger partial charge in [0.1, 0.15) is 6.42 Å². The van der Waals surface area contributed by atoms with Gasteiger partial charge < -0.3 is 4.74 Å². The topological polar surface area (TPSA) is 43.4 Å². The first-order valence-electron chi connectivity index (χ1n) is 4.46. The third-order valence-electron chi connectivity index (χ3n) is 1.57. The summed E-state index contributed by atoms with van der Waals surface area (Å²) >= 11 is 1.34. The van der Waals surface area contributed by atoms with Crippen LogP contribution in [0.4, 0.5) is 0 Å². The summed E-state index contributed by atoms with van der Waals surface area (Å²) < 4.78 is 4.80. The molecule has 0 unspecified atom stereocenters. The van der Waals surface area contributed by atoms with Gasteiger partial charge in [-0.25, -0.2) is 0 Å². The molecule has 0 bridgehead atoms. The van der Waals surface area contributed by atoms with E-state index >= 15 is 0 Å². The van der Waals surface area contributed by atoms with Crippen LogP contribution >= 0.6 is 11.3 Å². The Morgan fingerprint density at radius 3 is 2.86 bits per heavy atom. The molecule has 0 fully saturated rings. The van der Waals surface area contributed by atoms with Crippen LogP contribution in [0.25, 0.3) is 0 Å². The molecule has 0 atom stereocenters. The van der Waals surface area contributed by atoms with Crippen molar-refractivity contribution in [3.05, 3.63) is 22.4 Å². The number of ketones is 1. The number of rotatable bonds is 5. The molecule has 1 heterocycles. The molecule has 0 radical (unpaired) electrons. The van der Waals surface area contributed by atoms with Gasteiger partial charge in [0, 0.05) is 0 Å². The van der Waals surface area contributed by atoms with Crippen molar-refractivity contribution in [2.24, 2.45) is 0 Å². The number of Topliss-reactive ketones (excluding diaryl/α,β-unsaturated/α-hetero) is 1. The van der Waals surface area contributed by atoms with E-state index in [-0.39, 0.29) is 12.2 Å². The van der Waals surface area contributed by atoms with Crippen molar-refractivity contribution < 1.29 is 14.3 Å². The maximum atomic E-state index is 11.4. The molecule has 4 heteroatoms. The number of ether oxygens (including phenoxy) is 1. The van der Waals surface area contributed by atoms with Gasteiger partial charge in [-0.1, -0.05) is 13.0 Å². The third-order valence-corrected chi connectivity index (χ3v) is 2.48. The van der Waals surface area contributed by atoms with E-state index in [0.29, 0.717) is 11.5 Å². The van der Waals surface area contributed by atoms with Crippen LogP contribution in [0.3, 0.4) is 0 Å². The Bertz CT molecular complexity index is 303. The van der Waals surface area contributed by atoms with Crippen molar-refractivity contribution in [1.29, 1.82) is 0 Å². The minimum absolute atomic E-state index is 0.152. The van der Waals surface area contributed by atoms with E-state index in [9.17, 15) is 9.59 Å². The molecule has 0 aliphatic carbocycles. The lowest BCUT2D eigenvalue weighted by Gasteiger charge is -2.00. The van der Waals surface area contributed by atoms with Crippen LogP contribution in [0.2, 0.25) is 0 Å². The molecule has 14 heavy (non-hydrogen) atoms. The number of hydrogen-bond donors (Lipinski definition) is 0. The van der Waals surface area contributed by atoms with Gasteiger partial charge in [-0.05, 0) is 17.9 Å². The summed E-state index contributed by atoms with van der Waals surface area (Å²) in [4.78, 5) is 23.1. The Morgan fingerprint density at radius 2 is 2.29 bits per heavy atom. The number of esters is 1. The highest BCUT2D eigenvalue weighted by atomic mass is 32.1. The van der Waals surface area contributed by atoms with Crippen molar-refractivity contribution in [2.75, 3.05) is 6.61 Å². The third kappa shape index (κ3) is 3.30. The van der Waals surface area contributed by atoms with Crippen molar-refractivity contribution >= 4 is 23.1 Å². The summed E-state index contributed by atoms with van der Waals surface area (Å²) in [5, 5.41) is 1.81. The van der Waals surface area contributed by atoms with Gasteiger partial charge in [0.2, 0.25) is 0 Å². The Morgan fingerprint density at radius 1 is 1.50 bits per heavy atom. The van der Waals surface area contributed by atoms with E-state index < -0.39 is 5.97 Å². The van der Waals surface area contributed by atoms with Gasteiger partial charge >= 0.3 is 5.97 Å². The minimum atomic E-state index is -0.440. The summed E-state index contributed by atoms with van der Waals surface area (Å²) in [5.74, 6) is -0.605. The predicted molar refractivity (Wildman–Crippen MR) is 54.5 cm³/mol. The maximum absolute atomic E-state index is 11.4. The summed E-state index contributed by atoms with van der Waals surface area (Å²) in [6, 6.07) is 3.50. The Labute approximate surface area is 86.7 Å². The molecular formula is C10H12O3S. The predicted octanol–water partition coefficient (Wildman–Crippen LogP) is 2.27. The first-order valence-corrected chi connectivity index (χ1v) is 5.34. The lowest BCUT2D eigenvalue weighted by Crippen LogP contribution is -2.11. The van der Waals surface area contributed by atoms with Crippen LogP contribution in [-0.4, -0.2) is 18.4 Å². The smallest absolute Gasteiger partial charge is 0.313 e. The SMILES string of the molecule is CCCOC(=O)CC(=O)c1cccs1. The first kappa shape index (κ1) is 10.9. The van der Waals surface area contributed by atoms with Gasteiger partial charge in [-0.2, -0.15) is 0 Å². The van der Waals surface area contributed by atoms with Gasteiger partial charge in [0.25, 0.3) is 0 Å². The molecule has 0 amide bonds. The van der Waals surface area contributed by atoms with Crippen LogP contribution in [-0.2, 0) is 9.53 Å². The van der Waals surface area contributed by atoms with Crippen molar-refractivity contribution in [2.45, 2.75) is 19.8 Å². The van der Waals surface area contributed by atoms with Gasteiger partial charge in [0.05, 0.1) is 11.5 Å². The quantitative estimate of drug-likeness (QED) is 0.427. The zero-order valence-corrected chi connectivity index (χ0v) is 8.80. The molecule has 3 nitrogen and oxygen atoms in total. The Hall–Kier alpha value is -1.16. The van der Waals surface area contributed by atoms with Gasteiger partial charge in [0.15, 0.2) is 5.78 Å². The molecule has 76 valence electrons. The number of carbonyl (C=O) groups is 2. The largest absolute Gasteiger partial charge is 0.465 e. The van der Waals surface area contributed by atoms with Gasteiger partial charge in [-0.15, -0.1) is 11.3 Å². The zero-order valence-electron chi connectivity index (χ0n) is 7.99. The lowest BCUT2D eigenvalue weighted by atomic mass is 10.2. The fraction of sp³-hybridized carbons (Fsp3) is 0.400. The second kappa shape index (κ2) is 5.54. The molecule has 0 aliphatic rings. The zero-order chi connectivity index (χ0) is 10.4. The van der Waals surface area contributed by atoms with E-state index in [2.05, 4.69) is 0 Å². The molecule has 1 aromatic heterocycles. The van der Waals surface area contributed by atoms with Crippen LogP contribution < -0.4 is 0 Å². The highest BCUT2D eigenvalue weighted by Crippen LogP contribution is 2.11. The lowest BCUT2D eigenvalue weighted by molar-refractivity contribution is -0.142. The van der Waals surface area contributed by atoms with Crippen LogP contribution in [0.5, 0.6) is 0 Å². The standard InChI is InChI=1S/C10H12O3S/c1-2-5-13-10(12)7-8(11)9-4-3-6-14-9/h3-4,6H,2,5,7H2,1H3. The minimum Gasteiger partial charge on any atom is -0.465 e. The summed E-state index contributed by atoms with van der Waals surface area (Å²) in [5.41, 5.74) is 0. The van der Waals surface area contributed by atoms with E-state index in [1.54, 1.807) is 12.1 Å². The number of thiophene rings is 1. The molecule has 0 spiro atoms. The van der Waals surface area contributed by atoms with E-state index in [1.807, 2.05) is 12.3 Å². The molecule has 0 aliphatic heterocycles. The summed E-state index contributed by atoms with van der Waals surface area (Å²) in [6.45, 7) is 2.30. The highest BCUT2D eigenvalue weighted by Gasteiger charge is 2.12. The Balaban J connectivity index is 2.38. The molecule has 0 aromatic carbocycles. The second-order valence-electron chi connectivity index (χ2n) is 2.80. The monoisotopic (exact) mass is 212 g/mol. The number of carbonyl (C=O) groups excluding carboxylic acids is 2. The molecule has 0 saturated heterocycles. The van der Waals surface area contributed by atoms with E-state index in [1.165, 1.54) is 11.3 Å². The van der Waals surface area contributed by atoms with E-state index in [4.69, 9.17) is 4.74 Å². The highest BCUT2D eigenvalue weighted by molar-refractivity contribution is 7.12. The average Bonchev–Trinajstić information content (AvgIpc) is 2.67. The molecule has 0 N–H and O–H groups in total. The average molecular weight is 212 g/mol. The molecular weight excluding hydrogens is 200 g/mol. The molecule has 1 aromatic rings. The molecule has 0 saturated carbocycles. The fourth-order valence-electron chi connectivity index (χ4n) is 0.922. The fourth-order valence-corrected chi connectivity index (χ4v) is 1.59. The molecule has 1 rings (SSSR count). The maximum Gasteiger partial charge on any atom is 0.313 e. The Kier molecular flexibility index (Phi) is 4.32. The van der Waals surface area contributed by atoms with Crippen LogP contribution in [0, 0.1) is 0 Å².